The van der Waals surface area contributed by atoms with Crippen LogP contribution in [0.2, 0.25) is 0 Å². The van der Waals surface area contributed by atoms with Crippen LogP contribution < -0.4 is 10.6 Å². The van der Waals surface area contributed by atoms with Gasteiger partial charge in [-0.3, -0.25) is 4.79 Å². The molecule has 0 unspecified atom stereocenters. The number of hydrogen-bond donors (Lipinski definition) is 2. The van der Waals surface area contributed by atoms with Gasteiger partial charge < -0.3 is 15.5 Å². The summed E-state index contributed by atoms with van der Waals surface area (Å²) in [6.45, 7) is 5.08. The Kier molecular flexibility index (Phi) is 5.33. The predicted molar refractivity (Wildman–Crippen MR) is 99.1 cm³/mol. The first kappa shape index (κ1) is 17.4. The third-order valence-electron chi connectivity index (χ3n) is 4.25. The number of anilines is 1. The summed E-state index contributed by atoms with van der Waals surface area (Å²) in [5, 5.41) is 6.72. The molecule has 7 heteroatoms. The molecule has 3 amide bonds. The molecular formula is C18H22N4O2S. The molecule has 1 fully saturated rings. The number of carbonyl (C=O) groups is 2. The van der Waals surface area contributed by atoms with E-state index in [0.717, 1.165) is 34.1 Å². The maximum atomic E-state index is 12.6. The summed E-state index contributed by atoms with van der Waals surface area (Å²) in [6.07, 6.45) is 1.51. The number of likely N-dealkylation sites (tertiary alicyclic amines) is 1. The van der Waals surface area contributed by atoms with Crippen molar-refractivity contribution in [3.63, 3.8) is 0 Å². The second-order valence-electron chi connectivity index (χ2n) is 6.18. The highest BCUT2D eigenvalue weighted by molar-refractivity contribution is 7.13. The number of carbonyl (C=O) groups excluding carboxylic acids is 2. The van der Waals surface area contributed by atoms with Crippen LogP contribution in [0.3, 0.4) is 0 Å². The molecule has 0 atom stereocenters. The van der Waals surface area contributed by atoms with Crippen LogP contribution in [0, 0.1) is 13.8 Å². The molecule has 1 aliphatic heterocycles. The van der Waals surface area contributed by atoms with Gasteiger partial charge in [0.1, 0.15) is 4.88 Å². The molecular weight excluding hydrogens is 336 g/mol. The number of piperidine rings is 1. The Balaban J connectivity index is 1.49. The van der Waals surface area contributed by atoms with Crippen molar-refractivity contribution in [2.24, 2.45) is 0 Å². The Bertz CT molecular complexity index is 752. The third kappa shape index (κ3) is 4.36. The van der Waals surface area contributed by atoms with Crippen molar-refractivity contribution in [1.29, 1.82) is 0 Å². The molecule has 0 radical (unpaired) electrons. The van der Waals surface area contributed by atoms with Crippen molar-refractivity contribution in [2.75, 3.05) is 18.4 Å². The number of para-hydroxylation sites is 1. The van der Waals surface area contributed by atoms with E-state index >= 15 is 0 Å². The van der Waals surface area contributed by atoms with Crippen LogP contribution in [0.5, 0.6) is 0 Å². The van der Waals surface area contributed by atoms with Gasteiger partial charge in [-0.05, 0) is 38.8 Å². The van der Waals surface area contributed by atoms with Crippen molar-refractivity contribution in [2.45, 2.75) is 32.7 Å². The van der Waals surface area contributed by atoms with Gasteiger partial charge in [0.05, 0.1) is 10.7 Å². The molecule has 1 aromatic carbocycles. The van der Waals surface area contributed by atoms with Gasteiger partial charge in [-0.2, -0.15) is 0 Å². The molecule has 6 nitrogen and oxygen atoms in total. The van der Waals surface area contributed by atoms with E-state index in [9.17, 15) is 9.59 Å². The van der Waals surface area contributed by atoms with Gasteiger partial charge in [-0.15, -0.1) is 11.3 Å². The number of rotatable bonds is 3. The summed E-state index contributed by atoms with van der Waals surface area (Å²) in [6, 6.07) is 9.23. The number of aromatic nitrogens is 1. The molecule has 0 spiro atoms. The smallest absolute Gasteiger partial charge is 0.319 e. The Hall–Kier alpha value is -2.41. The zero-order valence-electron chi connectivity index (χ0n) is 14.4. The number of nitrogens with zero attached hydrogens (tertiary/aromatic N) is 2. The maximum absolute atomic E-state index is 12.6. The topological polar surface area (TPSA) is 74.3 Å². The van der Waals surface area contributed by atoms with Gasteiger partial charge in [-0.1, -0.05) is 18.2 Å². The monoisotopic (exact) mass is 358 g/mol. The normalized spacial score (nSPS) is 15.0. The highest BCUT2D eigenvalue weighted by Gasteiger charge is 2.26. The van der Waals surface area contributed by atoms with Crippen LogP contribution in [0.15, 0.2) is 30.3 Å². The lowest BCUT2D eigenvalue weighted by Crippen LogP contribution is -2.47. The Morgan fingerprint density at radius 2 is 1.84 bits per heavy atom. The van der Waals surface area contributed by atoms with Gasteiger partial charge in [-0.25, -0.2) is 9.78 Å². The first-order valence-corrected chi connectivity index (χ1v) is 9.20. The fourth-order valence-electron chi connectivity index (χ4n) is 2.97. The quantitative estimate of drug-likeness (QED) is 0.885. The number of hydrogen-bond acceptors (Lipinski definition) is 4. The Morgan fingerprint density at radius 1 is 1.16 bits per heavy atom. The lowest BCUT2D eigenvalue weighted by molar-refractivity contribution is 0.0713. The van der Waals surface area contributed by atoms with Crippen molar-refractivity contribution in [3.8, 4) is 0 Å². The number of nitrogens with one attached hydrogen (secondary N) is 2. The summed E-state index contributed by atoms with van der Waals surface area (Å²) in [5.74, 6) is 0.0512. The summed E-state index contributed by atoms with van der Waals surface area (Å²) in [5.41, 5.74) is 1.57. The van der Waals surface area contributed by atoms with Gasteiger partial charge in [0, 0.05) is 24.8 Å². The second kappa shape index (κ2) is 7.65. The number of urea groups is 1. The highest BCUT2D eigenvalue weighted by Crippen LogP contribution is 2.21. The van der Waals surface area contributed by atoms with E-state index in [1.165, 1.54) is 11.3 Å². The SMILES string of the molecule is Cc1nc(C)c(C(=O)N2CCC(NC(=O)Nc3ccccc3)CC2)s1. The number of aryl methyl sites for hydroxylation is 2. The van der Waals surface area contributed by atoms with Gasteiger partial charge in [0.2, 0.25) is 0 Å². The Morgan fingerprint density at radius 3 is 2.44 bits per heavy atom. The van der Waals surface area contributed by atoms with Crippen molar-refractivity contribution in [1.82, 2.24) is 15.2 Å². The molecule has 1 saturated heterocycles. The zero-order chi connectivity index (χ0) is 17.8. The summed E-state index contributed by atoms with van der Waals surface area (Å²) in [4.78, 5) is 31.6. The average molecular weight is 358 g/mol. The maximum Gasteiger partial charge on any atom is 0.319 e. The molecule has 1 aromatic heterocycles. The number of amides is 3. The van der Waals surface area contributed by atoms with E-state index in [1.54, 1.807) is 0 Å². The lowest BCUT2D eigenvalue weighted by atomic mass is 10.0. The van der Waals surface area contributed by atoms with E-state index in [1.807, 2.05) is 49.1 Å². The Labute approximate surface area is 151 Å². The van der Waals surface area contributed by atoms with Gasteiger partial charge >= 0.3 is 6.03 Å². The molecule has 2 heterocycles. The molecule has 25 heavy (non-hydrogen) atoms. The largest absolute Gasteiger partial charge is 0.338 e. The van der Waals surface area contributed by atoms with Gasteiger partial charge in [0.15, 0.2) is 0 Å². The summed E-state index contributed by atoms with van der Waals surface area (Å²) < 4.78 is 0. The van der Waals surface area contributed by atoms with Crippen molar-refractivity contribution >= 4 is 29.0 Å². The fourth-order valence-corrected chi connectivity index (χ4v) is 3.86. The number of benzene rings is 1. The first-order chi connectivity index (χ1) is 12.0. The average Bonchev–Trinajstić information content (AvgIpc) is 2.94. The fraction of sp³-hybridized carbons (Fsp3) is 0.389. The lowest BCUT2D eigenvalue weighted by Gasteiger charge is -2.32. The zero-order valence-corrected chi connectivity index (χ0v) is 15.2. The molecule has 0 bridgehead atoms. The summed E-state index contributed by atoms with van der Waals surface area (Å²) in [7, 11) is 0. The van der Waals surface area contributed by atoms with E-state index in [-0.39, 0.29) is 18.0 Å². The standard InChI is InChI=1S/C18H22N4O2S/c1-12-16(25-13(2)19-12)17(23)22-10-8-15(9-11-22)21-18(24)20-14-6-4-3-5-7-14/h3-7,15H,8-11H2,1-2H3,(H2,20,21,24). The molecule has 3 rings (SSSR count). The van der Waals surface area contributed by atoms with Crippen molar-refractivity contribution in [3.05, 3.63) is 45.9 Å². The molecule has 132 valence electrons. The van der Waals surface area contributed by atoms with Crippen LogP contribution in [0.1, 0.15) is 33.2 Å². The van der Waals surface area contributed by atoms with Crippen LogP contribution >= 0.6 is 11.3 Å². The molecule has 1 aliphatic rings. The molecule has 2 N–H and O–H groups in total. The van der Waals surface area contributed by atoms with E-state index in [0.29, 0.717) is 13.1 Å². The second-order valence-corrected chi connectivity index (χ2v) is 7.38. The highest BCUT2D eigenvalue weighted by atomic mass is 32.1. The van der Waals surface area contributed by atoms with Crippen LogP contribution in [0.4, 0.5) is 10.5 Å². The van der Waals surface area contributed by atoms with Crippen LogP contribution in [0.25, 0.3) is 0 Å². The first-order valence-electron chi connectivity index (χ1n) is 8.39. The van der Waals surface area contributed by atoms with Gasteiger partial charge in [0.25, 0.3) is 5.91 Å². The van der Waals surface area contributed by atoms with Crippen molar-refractivity contribution < 1.29 is 9.59 Å². The van der Waals surface area contributed by atoms with E-state index in [4.69, 9.17) is 0 Å². The van der Waals surface area contributed by atoms with Crippen LogP contribution in [-0.4, -0.2) is 41.0 Å². The van der Waals surface area contributed by atoms with E-state index in [2.05, 4.69) is 15.6 Å². The molecule has 0 saturated carbocycles. The third-order valence-corrected chi connectivity index (χ3v) is 5.31. The van der Waals surface area contributed by atoms with E-state index < -0.39 is 0 Å². The number of thiazole rings is 1. The van der Waals surface area contributed by atoms with Crippen LogP contribution in [-0.2, 0) is 0 Å². The minimum Gasteiger partial charge on any atom is -0.338 e. The predicted octanol–water partition coefficient (Wildman–Crippen LogP) is 3.19. The minimum absolute atomic E-state index is 0.0512. The molecule has 2 aromatic rings. The molecule has 0 aliphatic carbocycles. The minimum atomic E-state index is -0.204. The summed E-state index contributed by atoms with van der Waals surface area (Å²) >= 11 is 1.45.